The highest BCUT2D eigenvalue weighted by Gasteiger charge is 2.05. The summed E-state index contributed by atoms with van der Waals surface area (Å²) in [4.78, 5) is 11.7. The Morgan fingerprint density at radius 3 is 2.70 bits per heavy atom. The maximum atomic E-state index is 11.7. The van der Waals surface area contributed by atoms with Crippen LogP contribution in [0.3, 0.4) is 0 Å². The van der Waals surface area contributed by atoms with Gasteiger partial charge >= 0.3 is 0 Å². The summed E-state index contributed by atoms with van der Waals surface area (Å²) in [6.07, 6.45) is 1.13. The Morgan fingerprint density at radius 2 is 2.15 bits per heavy atom. The molecule has 20 heavy (non-hydrogen) atoms. The average molecular weight is 319 g/mol. The molecular formula is C14H23ClN2O2S. The third-order valence-corrected chi connectivity index (χ3v) is 3.58. The molecule has 0 bridgehead atoms. The van der Waals surface area contributed by atoms with Gasteiger partial charge in [-0.2, -0.15) is 11.8 Å². The second-order valence-corrected chi connectivity index (χ2v) is 5.85. The molecule has 0 unspecified atom stereocenters. The minimum atomic E-state index is -0.00155. The topological polar surface area (TPSA) is 64.3 Å². The molecule has 114 valence electrons. The van der Waals surface area contributed by atoms with Gasteiger partial charge in [-0.25, -0.2) is 0 Å². The molecule has 0 aliphatic heterocycles. The van der Waals surface area contributed by atoms with E-state index >= 15 is 0 Å². The summed E-state index contributed by atoms with van der Waals surface area (Å²) in [5.41, 5.74) is 7.00. The van der Waals surface area contributed by atoms with Crippen molar-refractivity contribution in [3.63, 3.8) is 0 Å². The molecule has 0 saturated carbocycles. The largest absolute Gasteiger partial charge is 0.495 e. The summed E-state index contributed by atoms with van der Waals surface area (Å²) in [6.45, 7) is 4.36. The predicted molar refractivity (Wildman–Crippen MR) is 90.1 cm³/mol. The van der Waals surface area contributed by atoms with Gasteiger partial charge in [0.05, 0.1) is 18.6 Å². The Kier molecular flexibility index (Phi) is 9.25. The van der Waals surface area contributed by atoms with Crippen LogP contribution in [0.2, 0.25) is 0 Å². The lowest BCUT2D eigenvalue weighted by Gasteiger charge is -2.09. The minimum absolute atomic E-state index is 0. The Hall–Kier alpha value is -1.07. The molecule has 1 aromatic carbocycles. The normalized spacial score (nSPS) is 10.0. The second kappa shape index (κ2) is 9.77. The van der Waals surface area contributed by atoms with Crippen LogP contribution < -0.4 is 15.8 Å². The number of halogens is 1. The molecule has 0 fully saturated rings. The van der Waals surface area contributed by atoms with Gasteiger partial charge in [-0.1, -0.05) is 13.8 Å². The molecule has 4 nitrogen and oxygen atoms in total. The van der Waals surface area contributed by atoms with E-state index in [1.807, 2.05) is 0 Å². The van der Waals surface area contributed by atoms with Crippen molar-refractivity contribution in [1.29, 1.82) is 0 Å². The molecule has 0 aromatic heterocycles. The third kappa shape index (κ3) is 6.91. The van der Waals surface area contributed by atoms with E-state index in [9.17, 15) is 4.79 Å². The Bertz CT molecular complexity index is 428. The Morgan fingerprint density at radius 1 is 1.45 bits per heavy atom. The van der Waals surface area contributed by atoms with E-state index in [-0.39, 0.29) is 18.3 Å². The van der Waals surface area contributed by atoms with Crippen molar-refractivity contribution in [2.45, 2.75) is 20.3 Å². The number of hydrogen-bond acceptors (Lipinski definition) is 4. The van der Waals surface area contributed by atoms with E-state index in [2.05, 4.69) is 19.2 Å². The van der Waals surface area contributed by atoms with Gasteiger partial charge in [-0.15, -0.1) is 12.4 Å². The quantitative estimate of drug-likeness (QED) is 0.597. The average Bonchev–Trinajstić information content (AvgIpc) is 2.35. The molecule has 1 amide bonds. The molecule has 0 radical (unpaired) electrons. The molecule has 0 aliphatic carbocycles. The SMILES string of the molecule is COc1ccc(NC(=O)CSCCC(C)C)cc1N.Cl. The van der Waals surface area contributed by atoms with Crippen LogP contribution in [0.5, 0.6) is 5.75 Å². The lowest BCUT2D eigenvalue weighted by molar-refractivity contribution is -0.113. The lowest BCUT2D eigenvalue weighted by Crippen LogP contribution is -2.14. The highest BCUT2D eigenvalue weighted by atomic mass is 35.5. The van der Waals surface area contributed by atoms with Gasteiger partial charge in [0.25, 0.3) is 0 Å². The van der Waals surface area contributed by atoms with Gasteiger partial charge in [-0.3, -0.25) is 4.79 Å². The number of nitrogens with two attached hydrogens (primary N) is 1. The summed E-state index contributed by atoms with van der Waals surface area (Å²) in [6, 6.07) is 5.23. The summed E-state index contributed by atoms with van der Waals surface area (Å²) in [7, 11) is 1.56. The zero-order valence-corrected chi connectivity index (χ0v) is 13.8. The fraction of sp³-hybridized carbons (Fsp3) is 0.500. The van der Waals surface area contributed by atoms with Crippen molar-refractivity contribution < 1.29 is 9.53 Å². The number of hydrogen-bond donors (Lipinski definition) is 2. The van der Waals surface area contributed by atoms with Gasteiger partial charge in [-0.05, 0) is 36.3 Å². The molecule has 6 heteroatoms. The van der Waals surface area contributed by atoms with Crippen LogP contribution >= 0.6 is 24.2 Å². The van der Waals surface area contributed by atoms with E-state index in [0.29, 0.717) is 28.8 Å². The van der Waals surface area contributed by atoms with Crippen molar-refractivity contribution in [2.24, 2.45) is 5.92 Å². The maximum Gasteiger partial charge on any atom is 0.234 e. The van der Waals surface area contributed by atoms with Gasteiger partial charge in [0.2, 0.25) is 5.91 Å². The molecule has 0 atom stereocenters. The van der Waals surface area contributed by atoms with Crippen LogP contribution in [0.25, 0.3) is 0 Å². The smallest absolute Gasteiger partial charge is 0.234 e. The highest BCUT2D eigenvalue weighted by molar-refractivity contribution is 7.99. The van der Waals surface area contributed by atoms with E-state index in [1.165, 1.54) is 0 Å². The zero-order valence-electron chi connectivity index (χ0n) is 12.1. The standard InChI is InChI=1S/C14H22N2O2S.ClH/c1-10(2)6-7-19-9-14(17)16-11-4-5-13(18-3)12(15)8-11;/h4-5,8,10H,6-7,9,15H2,1-3H3,(H,16,17);1H. The molecule has 0 spiro atoms. The van der Waals surface area contributed by atoms with E-state index < -0.39 is 0 Å². The van der Waals surface area contributed by atoms with E-state index in [1.54, 1.807) is 37.1 Å². The first kappa shape index (κ1) is 18.9. The molecule has 0 heterocycles. The van der Waals surface area contributed by atoms with Crippen LogP contribution in [-0.2, 0) is 4.79 Å². The molecule has 0 aliphatic rings. The Balaban J connectivity index is 0.00000361. The lowest BCUT2D eigenvalue weighted by atomic mass is 10.2. The van der Waals surface area contributed by atoms with Crippen LogP contribution in [-0.4, -0.2) is 24.5 Å². The number of amides is 1. The van der Waals surface area contributed by atoms with Crippen LogP contribution in [0.4, 0.5) is 11.4 Å². The molecule has 0 saturated heterocycles. The number of benzene rings is 1. The summed E-state index contributed by atoms with van der Waals surface area (Å²) >= 11 is 1.65. The predicted octanol–water partition coefficient (Wildman–Crippen LogP) is 3.42. The van der Waals surface area contributed by atoms with Crippen molar-refractivity contribution in [3.05, 3.63) is 18.2 Å². The number of nitrogens with one attached hydrogen (secondary N) is 1. The van der Waals surface area contributed by atoms with Crippen LogP contribution in [0.1, 0.15) is 20.3 Å². The maximum absolute atomic E-state index is 11.7. The molecular weight excluding hydrogens is 296 g/mol. The Labute approximate surface area is 131 Å². The van der Waals surface area contributed by atoms with Crippen LogP contribution in [0, 0.1) is 5.92 Å². The number of anilines is 2. The van der Waals surface area contributed by atoms with E-state index in [0.717, 1.165) is 12.2 Å². The summed E-state index contributed by atoms with van der Waals surface area (Å²) in [5, 5.41) is 2.83. The first-order valence-electron chi connectivity index (χ1n) is 6.34. The van der Waals surface area contributed by atoms with Crippen LogP contribution in [0.15, 0.2) is 18.2 Å². The molecule has 1 aromatic rings. The van der Waals surface area contributed by atoms with Gasteiger partial charge in [0, 0.05) is 5.69 Å². The molecule has 3 N–H and O–H groups in total. The number of nitrogen functional groups attached to an aromatic ring is 1. The fourth-order valence-electron chi connectivity index (χ4n) is 1.49. The van der Waals surface area contributed by atoms with Gasteiger partial charge in [0.15, 0.2) is 0 Å². The van der Waals surface area contributed by atoms with Crippen molar-refractivity contribution in [3.8, 4) is 5.75 Å². The number of methoxy groups -OCH3 is 1. The van der Waals surface area contributed by atoms with E-state index in [4.69, 9.17) is 10.5 Å². The fourth-order valence-corrected chi connectivity index (χ4v) is 2.53. The summed E-state index contributed by atoms with van der Waals surface area (Å²) < 4.78 is 5.06. The second-order valence-electron chi connectivity index (χ2n) is 4.74. The number of rotatable bonds is 7. The highest BCUT2D eigenvalue weighted by Crippen LogP contribution is 2.24. The zero-order chi connectivity index (χ0) is 14.3. The monoisotopic (exact) mass is 318 g/mol. The number of thioether (sulfide) groups is 1. The van der Waals surface area contributed by atoms with Crippen molar-refractivity contribution >= 4 is 41.5 Å². The van der Waals surface area contributed by atoms with Gasteiger partial charge < -0.3 is 15.8 Å². The first-order valence-corrected chi connectivity index (χ1v) is 7.49. The van der Waals surface area contributed by atoms with Crippen molar-refractivity contribution in [1.82, 2.24) is 0 Å². The van der Waals surface area contributed by atoms with Crippen molar-refractivity contribution in [2.75, 3.05) is 29.7 Å². The van der Waals surface area contributed by atoms with Gasteiger partial charge in [0.1, 0.15) is 5.75 Å². The molecule has 1 rings (SSSR count). The summed E-state index contributed by atoms with van der Waals surface area (Å²) in [5.74, 6) is 2.77. The first-order chi connectivity index (χ1) is 9.02. The third-order valence-electron chi connectivity index (χ3n) is 2.59. The number of carbonyl (C=O) groups is 1. The number of carbonyl (C=O) groups excluding carboxylic acids is 1. The minimum Gasteiger partial charge on any atom is -0.495 e. The number of ether oxygens (including phenoxy) is 1.